The Kier molecular flexibility index (Phi) is 15.4. The Labute approximate surface area is 325 Å². The van der Waals surface area contributed by atoms with Crippen molar-refractivity contribution in [1.29, 1.82) is 0 Å². The molecule has 2 aliphatic heterocycles. The SMILES string of the molecule is COc1cc(C2CCC(N3CCN(CCS(C)(=O)=O)CC3)CC2)ccc1N.COc1cc(C2CCC(N3CCN(CCS(C)(=O)=O)CC3)CC2)ccc1N. The minimum Gasteiger partial charge on any atom is -0.495 e. The molecule has 6 rings (SSSR count). The third-order valence-corrected chi connectivity index (χ3v) is 14.1. The molecule has 0 unspecified atom stereocenters. The Balaban J connectivity index is 0.000000208. The molecule has 0 amide bonds. The monoisotopic (exact) mass is 790 g/mol. The molecular weight excluding hydrogens is 725 g/mol. The van der Waals surface area contributed by atoms with Crippen LogP contribution < -0.4 is 20.9 Å². The fourth-order valence-corrected chi connectivity index (χ4v) is 9.99. The predicted molar refractivity (Wildman–Crippen MR) is 220 cm³/mol. The maximum Gasteiger partial charge on any atom is 0.148 e. The summed E-state index contributed by atoms with van der Waals surface area (Å²) in [6.07, 6.45) is 12.3. The summed E-state index contributed by atoms with van der Waals surface area (Å²) in [6.45, 7) is 9.44. The van der Waals surface area contributed by atoms with Gasteiger partial charge in [0.1, 0.15) is 31.2 Å². The molecule has 2 aromatic carbocycles. The van der Waals surface area contributed by atoms with Gasteiger partial charge in [0.05, 0.1) is 37.1 Å². The number of rotatable bonds is 12. The van der Waals surface area contributed by atoms with Crippen LogP contribution in [0.2, 0.25) is 0 Å². The van der Waals surface area contributed by atoms with Crippen molar-refractivity contribution >= 4 is 31.0 Å². The molecular formula is C40H66N6O6S2. The van der Waals surface area contributed by atoms with Crippen LogP contribution in [0.4, 0.5) is 11.4 Å². The molecule has 4 N–H and O–H groups in total. The van der Waals surface area contributed by atoms with Crippen LogP contribution in [0.25, 0.3) is 0 Å². The van der Waals surface area contributed by atoms with Crippen molar-refractivity contribution in [2.75, 3.05) is 115 Å². The summed E-state index contributed by atoms with van der Waals surface area (Å²) in [5, 5.41) is 0. The van der Waals surface area contributed by atoms with Gasteiger partial charge in [-0.05, 0) is 98.6 Å². The lowest BCUT2D eigenvalue weighted by molar-refractivity contribution is 0.0790. The van der Waals surface area contributed by atoms with Crippen molar-refractivity contribution in [3.63, 3.8) is 0 Å². The van der Waals surface area contributed by atoms with Crippen molar-refractivity contribution in [1.82, 2.24) is 19.6 Å². The van der Waals surface area contributed by atoms with Gasteiger partial charge in [-0.1, -0.05) is 12.1 Å². The van der Waals surface area contributed by atoms with E-state index in [1.165, 1.54) is 75.0 Å². The van der Waals surface area contributed by atoms with E-state index in [2.05, 4.69) is 43.9 Å². The normalized spacial score (nSPS) is 25.4. The Bertz CT molecular complexity index is 1570. The number of ether oxygens (including phenoxy) is 2. The summed E-state index contributed by atoms with van der Waals surface area (Å²) >= 11 is 0. The maximum atomic E-state index is 11.3. The predicted octanol–water partition coefficient (Wildman–Crippen LogP) is 3.93. The number of hydrogen-bond donors (Lipinski definition) is 2. The van der Waals surface area contributed by atoms with Crippen LogP contribution in [0, 0.1) is 0 Å². The Hall–Kier alpha value is -2.62. The lowest BCUT2D eigenvalue weighted by atomic mass is 9.81. The summed E-state index contributed by atoms with van der Waals surface area (Å²) in [5.41, 5.74) is 15.9. The number of nitrogens with zero attached hydrogens (tertiary/aromatic N) is 4. The molecule has 2 heterocycles. The van der Waals surface area contributed by atoms with Crippen molar-refractivity contribution in [2.24, 2.45) is 0 Å². The van der Waals surface area contributed by atoms with E-state index in [-0.39, 0.29) is 11.5 Å². The van der Waals surface area contributed by atoms with E-state index in [0.717, 1.165) is 63.9 Å². The van der Waals surface area contributed by atoms with Crippen molar-refractivity contribution in [3.8, 4) is 11.5 Å². The van der Waals surface area contributed by atoms with Gasteiger partial charge in [-0.15, -0.1) is 0 Å². The lowest BCUT2D eigenvalue weighted by Gasteiger charge is -2.42. The van der Waals surface area contributed by atoms with E-state index in [9.17, 15) is 16.8 Å². The molecule has 0 radical (unpaired) electrons. The number of hydrogen-bond acceptors (Lipinski definition) is 12. The highest BCUT2D eigenvalue weighted by molar-refractivity contribution is 7.90. The molecule has 304 valence electrons. The first kappa shape index (κ1) is 42.5. The van der Waals surface area contributed by atoms with Gasteiger partial charge in [0.15, 0.2) is 0 Å². The summed E-state index contributed by atoms with van der Waals surface area (Å²) in [7, 11) is -2.40. The van der Waals surface area contributed by atoms with Crippen LogP contribution in [-0.2, 0) is 19.7 Å². The van der Waals surface area contributed by atoms with Gasteiger partial charge in [0.25, 0.3) is 0 Å². The van der Waals surface area contributed by atoms with Gasteiger partial charge >= 0.3 is 0 Å². The van der Waals surface area contributed by atoms with Crippen LogP contribution in [0.3, 0.4) is 0 Å². The molecule has 2 saturated heterocycles. The maximum absolute atomic E-state index is 11.3. The average Bonchev–Trinajstić information content (AvgIpc) is 3.17. The van der Waals surface area contributed by atoms with E-state index in [1.54, 1.807) is 14.2 Å². The molecule has 14 heteroatoms. The number of anilines is 2. The van der Waals surface area contributed by atoms with Crippen LogP contribution in [0.1, 0.15) is 74.3 Å². The van der Waals surface area contributed by atoms with E-state index < -0.39 is 19.7 Å². The molecule has 2 aliphatic carbocycles. The first-order chi connectivity index (χ1) is 25.7. The topological polar surface area (TPSA) is 152 Å². The second-order valence-electron chi connectivity index (χ2n) is 16.0. The van der Waals surface area contributed by atoms with Gasteiger partial charge in [-0.25, -0.2) is 16.8 Å². The van der Waals surface area contributed by atoms with Crippen LogP contribution in [-0.4, -0.2) is 152 Å². The smallest absolute Gasteiger partial charge is 0.148 e. The van der Waals surface area contributed by atoms with Crippen molar-refractivity contribution in [2.45, 2.75) is 75.3 Å². The summed E-state index contributed by atoms with van der Waals surface area (Å²) < 4.78 is 56.1. The number of sulfone groups is 2. The Morgan fingerprint density at radius 3 is 1.19 bits per heavy atom. The lowest BCUT2D eigenvalue weighted by Crippen LogP contribution is -2.51. The van der Waals surface area contributed by atoms with E-state index >= 15 is 0 Å². The fourth-order valence-electron chi connectivity index (χ4n) is 8.81. The van der Waals surface area contributed by atoms with E-state index in [4.69, 9.17) is 20.9 Å². The van der Waals surface area contributed by atoms with E-state index in [0.29, 0.717) is 48.4 Å². The summed E-state index contributed by atoms with van der Waals surface area (Å²) in [4.78, 5) is 9.78. The highest BCUT2D eigenvalue weighted by Gasteiger charge is 2.31. The fraction of sp³-hybridized carbons (Fsp3) is 0.700. The Morgan fingerprint density at radius 2 is 0.889 bits per heavy atom. The zero-order valence-electron chi connectivity index (χ0n) is 33.1. The standard InChI is InChI=1S/2C20H33N3O3S/c2*1-26-20-15-17(5-8-19(20)21)16-3-6-18(7-4-16)23-11-9-22(10-12-23)13-14-27(2,24)25/h2*5,8,15-16,18H,3-4,6-7,9-14,21H2,1-2H3. The molecule has 0 atom stereocenters. The number of piperazine rings is 2. The first-order valence-corrected chi connectivity index (χ1v) is 24.0. The zero-order valence-corrected chi connectivity index (χ0v) is 34.8. The average molecular weight is 791 g/mol. The first-order valence-electron chi connectivity index (χ1n) is 19.9. The second-order valence-corrected chi connectivity index (χ2v) is 20.5. The van der Waals surface area contributed by atoms with Gasteiger partial charge < -0.3 is 20.9 Å². The molecule has 4 fully saturated rings. The highest BCUT2D eigenvalue weighted by atomic mass is 32.2. The zero-order chi connectivity index (χ0) is 38.9. The van der Waals surface area contributed by atoms with Gasteiger partial charge in [-0.3, -0.25) is 19.6 Å². The van der Waals surface area contributed by atoms with Crippen LogP contribution in [0.5, 0.6) is 11.5 Å². The molecule has 0 spiro atoms. The number of nitrogen functional groups attached to an aromatic ring is 2. The highest BCUT2D eigenvalue weighted by Crippen LogP contribution is 2.39. The van der Waals surface area contributed by atoms with Gasteiger partial charge in [0, 0.05) is 90.0 Å². The minimum atomic E-state index is -2.87. The molecule has 12 nitrogen and oxygen atoms in total. The summed E-state index contributed by atoms with van der Waals surface area (Å²) in [6, 6.07) is 13.7. The molecule has 2 saturated carbocycles. The van der Waals surface area contributed by atoms with E-state index in [1.807, 2.05) is 12.1 Å². The number of methoxy groups -OCH3 is 2. The third kappa shape index (κ3) is 12.7. The molecule has 4 aliphatic rings. The molecule has 2 aromatic rings. The Morgan fingerprint density at radius 1 is 0.556 bits per heavy atom. The number of benzene rings is 2. The molecule has 0 aromatic heterocycles. The van der Waals surface area contributed by atoms with Gasteiger partial charge in [-0.2, -0.15) is 0 Å². The third-order valence-electron chi connectivity index (χ3n) is 12.3. The second kappa shape index (κ2) is 19.5. The van der Waals surface area contributed by atoms with Crippen LogP contribution >= 0.6 is 0 Å². The summed E-state index contributed by atoms with van der Waals surface area (Å²) in [5.74, 6) is 3.27. The minimum absolute atomic E-state index is 0.267. The van der Waals surface area contributed by atoms with Crippen LogP contribution in [0.15, 0.2) is 36.4 Å². The van der Waals surface area contributed by atoms with Gasteiger partial charge in [0.2, 0.25) is 0 Å². The van der Waals surface area contributed by atoms with Crippen molar-refractivity contribution in [3.05, 3.63) is 47.5 Å². The quantitative estimate of drug-likeness (QED) is 0.300. The molecule has 54 heavy (non-hydrogen) atoms. The van der Waals surface area contributed by atoms with Crippen molar-refractivity contribution < 1.29 is 26.3 Å². The number of nitrogens with two attached hydrogens (primary N) is 2. The largest absolute Gasteiger partial charge is 0.495 e. The molecule has 0 bridgehead atoms.